The Kier molecular flexibility index (Phi) is 2.54. The van der Waals surface area contributed by atoms with Crippen molar-refractivity contribution in [1.82, 2.24) is 4.98 Å². The van der Waals surface area contributed by atoms with E-state index < -0.39 is 0 Å². The third kappa shape index (κ3) is 1.96. The minimum atomic E-state index is 0.398. The molecule has 0 atom stereocenters. The molecule has 0 bridgehead atoms. The normalized spacial score (nSPS) is 15.3. The molecule has 1 aromatic rings. The van der Waals surface area contributed by atoms with Crippen LogP contribution in [0.15, 0.2) is 12.3 Å². The predicted octanol–water partition coefficient (Wildman–Crippen LogP) is 1.12. The van der Waals surface area contributed by atoms with E-state index in [1.165, 1.54) is 0 Å². The molecule has 1 aromatic heterocycles. The first-order valence-corrected chi connectivity index (χ1v) is 4.87. The predicted molar refractivity (Wildman–Crippen MR) is 55.3 cm³/mol. The van der Waals surface area contributed by atoms with Crippen LogP contribution in [0.1, 0.15) is 18.5 Å². The maximum absolute atomic E-state index is 5.73. The summed E-state index contributed by atoms with van der Waals surface area (Å²) in [4.78, 5) is 4.19. The SMILES string of the molecule is CNc1cnc(CN)cc1OC1CC1. The summed E-state index contributed by atoms with van der Waals surface area (Å²) in [5.74, 6) is 0.866. The number of nitrogens with one attached hydrogen (secondary N) is 1. The largest absolute Gasteiger partial charge is 0.488 e. The number of hydrogen-bond donors (Lipinski definition) is 2. The summed E-state index contributed by atoms with van der Waals surface area (Å²) in [6, 6.07) is 1.91. The second-order valence-electron chi connectivity index (χ2n) is 3.44. The van der Waals surface area contributed by atoms with Crippen LogP contribution < -0.4 is 15.8 Å². The number of nitrogens with zero attached hydrogens (tertiary/aromatic N) is 1. The first kappa shape index (κ1) is 9.27. The minimum Gasteiger partial charge on any atom is -0.488 e. The Morgan fingerprint density at radius 3 is 3.00 bits per heavy atom. The highest BCUT2D eigenvalue weighted by molar-refractivity contribution is 5.55. The molecule has 14 heavy (non-hydrogen) atoms. The van der Waals surface area contributed by atoms with E-state index in [-0.39, 0.29) is 0 Å². The molecule has 4 heteroatoms. The van der Waals surface area contributed by atoms with Crippen molar-refractivity contribution in [1.29, 1.82) is 0 Å². The van der Waals surface area contributed by atoms with Gasteiger partial charge in [0.25, 0.3) is 0 Å². The van der Waals surface area contributed by atoms with Gasteiger partial charge in [-0.25, -0.2) is 0 Å². The van der Waals surface area contributed by atoms with Crippen LogP contribution in [0, 0.1) is 0 Å². The van der Waals surface area contributed by atoms with Crippen molar-refractivity contribution in [2.45, 2.75) is 25.5 Å². The van der Waals surface area contributed by atoms with Gasteiger partial charge >= 0.3 is 0 Å². The van der Waals surface area contributed by atoms with Gasteiger partial charge in [0.1, 0.15) is 5.75 Å². The summed E-state index contributed by atoms with van der Waals surface area (Å²) in [5, 5.41) is 3.05. The fourth-order valence-electron chi connectivity index (χ4n) is 1.24. The van der Waals surface area contributed by atoms with Gasteiger partial charge in [0.15, 0.2) is 0 Å². The topological polar surface area (TPSA) is 60.2 Å². The number of rotatable bonds is 4. The number of hydrogen-bond acceptors (Lipinski definition) is 4. The van der Waals surface area contributed by atoms with E-state index in [1.807, 2.05) is 13.1 Å². The molecule has 0 amide bonds. The van der Waals surface area contributed by atoms with Crippen molar-refractivity contribution < 1.29 is 4.74 Å². The number of nitrogens with two attached hydrogens (primary N) is 1. The van der Waals surface area contributed by atoms with E-state index in [0.717, 1.165) is 30.0 Å². The van der Waals surface area contributed by atoms with Crippen LogP contribution >= 0.6 is 0 Å². The van der Waals surface area contributed by atoms with Gasteiger partial charge in [-0.2, -0.15) is 0 Å². The van der Waals surface area contributed by atoms with Crippen LogP contribution in [0.5, 0.6) is 5.75 Å². The number of pyridine rings is 1. The van der Waals surface area contributed by atoms with E-state index in [2.05, 4.69) is 10.3 Å². The molecule has 0 unspecified atom stereocenters. The van der Waals surface area contributed by atoms with Gasteiger partial charge in [0.2, 0.25) is 0 Å². The highest BCUT2D eigenvalue weighted by Gasteiger charge is 2.24. The maximum atomic E-state index is 5.73. The fourth-order valence-corrected chi connectivity index (χ4v) is 1.24. The molecule has 76 valence electrons. The molecule has 0 radical (unpaired) electrons. The summed E-state index contributed by atoms with van der Waals surface area (Å²) >= 11 is 0. The molecule has 1 heterocycles. The molecule has 3 N–H and O–H groups in total. The first-order valence-electron chi connectivity index (χ1n) is 4.87. The van der Waals surface area contributed by atoms with Gasteiger partial charge < -0.3 is 15.8 Å². The molecule has 0 aliphatic heterocycles. The zero-order chi connectivity index (χ0) is 9.97. The quantitative estimate of drug-likeness (QED) is 0.752. The van der Waals surface area contributed by atoms with Crippen molar-refractivity contribution in [3.05, 3.63) is 18.0 Å². The van der Waals surface area contributed by atoms with Crippen molar-refractivity contribution in [3.63, 3.8) is 0 Å². The van der Waals surface area contributed by atoms with Crippen LogP contribution in [0.4, 0.5) is 5.69 Å². The van der Waals surface area contributed by atoms with E-state index in [0.29, 0.717) is 12.6 Å². The van der Waals surface area contributed by atoms with Crippen molar-refractivity contribution >= 4 is 5.69 Å². The van der Waals surface area contributed by atoms with Gasteiger partial charge in [0, 0.05) is 19.7 Å². The first-order chi connectivity index (χ1) is 6.83. The third-order valence-electron chi connectivity index (χ3n) is 2.22. The second kappa shape index (κ2) is 3.84. The molecule has 1 saturated carbocycles. The summed E-state index contributed by atoms with van der Waals surface area (Å²) in [5.41, 5.74) is 7.30. The highest BCUT2D eigenvalue weighted by Crippen LogP contribution is 2.31. The van der Waals surface area contributed by atoms with Gasteiger partial charge in [-0.15, -0.1) is 0 Å². The number of ether oxygens (including phenoxy) is 1. The molecule has 4 nitrogen and oxygen atoms in total. The molecule has 0 spiro atoms. The Morgan fingerprint density at radius 1 is 1.64 bits per heavy atom. The standard InChI is InChI=1S/C10H15N3O/c1-12-9-6-13-7(5-11)4-10(9)14-8-2-3-8/h4,6,8,12H,2-3,5,11H2,1H3. The van der Waals surface area contributed by atoms with Crippen molar-refractivity contribution in [2.24, 2.45) is 5.73 Å². The molecular weight excluding hydrogens is 178 g/mol. The van der Waals surface area contributed by atoms with E-state index >= 15 is 0 Å². The minimum absolute atomic E-state index is 0.398. The molecule has 1 fully saturated rings. The lowest BCUT2D eigenvalue weighted by Gasteiger charge is -2.10. The van der Waals surface area contributed by atoms with Crippen LogP contribution in [0.25, 0.3) is 0 Å². The summed E-state index contributed by atoms with van der Waals surface area (Å²) in [6.07, 6.45) is 4.47. The lowest BCUT2D eigenvalue weighted by molar-refractivity contribution is 0.304. The Balaban J connectivity index is 2.21. The highest BCUT2D eigenvalue weighted by atomic mass is 16.5. The number of aromatic nitrogens is 1. The van der Waals surface area contributed by atoms with Gasteiger partial charge in [0.05, 0.1) is 23.7 Å². The molecule has 1 aliphatic rings. The van der Waals surface area contributed by atoms with Crippen LogP contribution in [0.2, 0.25) is 0 Å². The molecular formula is C10H15N3O. The van der Waals surface area contributed by atoms with Crippen molar-refractivity contribution in [3.8, 4) is 5.75 Å². The third-order valence-corrected chi connectivity index (χ3v) is 2.22. The maximum Gasteiger partial charge on any atom is 0.146 e. The molecule has 2 rings (SSSR count). The second-order valence-corrected chi connectivity index (χ2v) is 3.44. The van der Waals surface area contributed by atoms with E-state index in [9.17, 15) is 0 Å². The smallest absolute Gasteiger partial charge is 0.146 e. The Morgan fingerprint density at radius 2 is 2.43 bits per heavy atom. The zero-order valence-electron chi connectivity index (χ0n) is 8.29. The van der Waals surface area contributed by atoms with Crippen LogP contribution in [-0.4, -0.2) is 18.1 Å². The van der Waals surface area contributed by atoms with Gasteiger partial charge in [-0.3, -0.25) is 4.98 Å². The Bertz CT molecular complexity index is 323. The van der Waals surface area contributed by atoms with Crippen molar-refractivity contribution in [2.75, 3.05) is 12.4 Å². The van der Waals surface area contributed by atoms with Crippen LogP contribution in [-0.2, 0) is 6.54 Å². The fraction of sp³-hybridized carbons (Fsp3) is 0.500. The lowest BCUT2D eigenvalue weighted by atomic mass is 10.3. The van der Waals surface area contributed by atoms with Gasteiger partial charge in [-0.1, -0.05) is 0 Å². The average Bonchev–Trinajstić information content (AvgIpc) is 3.01. The van der Waals surface area contributed by atoms with Gasteiger partial charge in [-0.05, 0) is 12.8 Å². The Hall–Kier alpha value is -1.29. The van der Waals surface area contributed by atoms with E-state index in [4.69, 9.17) is 10.5 Å². The van der Waals surface area contributed by atoms with E-state index in [1.54, 1.807) is 6.20 Å². The molecule has 1 aliphatic carbocycles. The lowest BCUT2D eigenvalue weighted by Crippen LogP contribution is -2.05. The summed E-state index contributed by atoms with van der Waals surface area (Å²) < 4.78 is 5.73. The molecule has 0 saturated heterocycles. The van der Waals surface area contributed by atoms with Crippen LogP contribution in [0.3, 0.4) is 0 Å². The molecule has 0 aromatic carbocycles. The summed E-state index contributed by atoms with van der Waals surface area (Å²) in [6.45, 7) is 0.449. The summed E-state index contributed by atoms with van der Waals surface area (Å²) in [7, 11) is 1.86. The number of anilines is 1. The monoisotopic (exact) mass is 193 g/mol. The average molecular weight is 193 g/mol. The zero-order valence-corrected chi connectivity index (χ0v) is 8.29. The Labute approximate surface area is 83.5 Å².